The Balaban J connectivity index is 1.36. The number of anilines is 3. The molecule has 0 unspecified atom stereocenters. The van der Waals surface area contributed by atoms with Gasteiger partial charge in [0.25, 0.3) is 5.91 Å². The van der Waals surface area contributed by atoms with Crippen LogP contribution in [0.4, 0.5) is 21.5 Å². The van der Waals surface area contributed by atoms with Crippen molar-refractivity contribution in [3.63, 3.8) is 0 Å². The summed E-state index contributed by atoms with van der Waals surface area (Å²) in [5.74, 6) is -0.625. The van der Waals surface area contributed by atoms with Crippen LogP contribution in [0, 0.1) is 5.82 Å². The van der Waals surface area contributed by atoms with Crippen LogP contribution in [0.1, 0.15) is 11.3 Å². The molecule has 0 saturated carbocycles. The third-order valence-electron chi connectivity index (χ3n) is 4.47. The van der Waals surface area contributed by atoms with E-state index in [1.165, 1.54) is 12.1 Å². The number of hydrogen-bond acceptors (Lipinski definition) is 4. The molecule has 3 N–H and O–H groups in total. The van der Waals surface area contributed by atoms with Crippen molar-refractivity contribution in [2.45, 2.75) is 6.42 Å². The van der Waals surface area contributed by atoms with Crippen LogP contribution in [-0.2, 0) is 11.2 Å². The molecule has 140 valence electrons. The van der Waals surface area contributed by atoms with E-state index in [0.717, 1.165) is 30.0 Å². The van der Waals surface area contributed by atoms with Crippen molar-refractivity contribution in [2.24, 2.45) is 0 Å². The van der Waals surface area contributed by atoms with Gasteiger partial charge in [-0.1, -0.05) is 6.07 Å². The van der Waals surface area contributed by atoms with Gasteiger partial charge in [-0.25, -0.2) is 4.39 Å². The number of aromatic nitrogens is 1. The van der Waals surface area contributed by atoms with Crippen LogP contribution < -0.4 is 16.0 Å². The van der Waals surface area contributed by atoms with Gasteiger partial charge < -0.3 is 16.0 Å². The average Bonchev–Trinajstić information content (AvgIpc) is 3.02. The largest absolute Gasteiger partial charge is 0.385 e. The molecule has 1 amide bonds. The number of carbonyl (C=O) groups is 1. The summed E-state index contributed by atoms with van der Waals surface area (Å²) in [4.78, 5) is 16.4. The molecule has 0 bridgehead atoms. The second-order valence-corrected chi connectivity index (χ2v) is 6.42. The van der Waals surface area contributed by atoms with Crippen molar-refractivity contribution in [1.82, 2.24) is 4.98 Å². The van der Waals surface area contributed by atoms with Crippen molar-refractivity contribution < 1.29 is 9.18 Å². The summed E-state index contributed by atoms with van der Waals surface area (Å²) in [6.45, 7) is 0.793. The first-order valence-corrected chi connectivity index (χ1v) is 9.01. The van der Waals surface area contributed by atoms with Gasteiger partial charge in [0.1, 0.15) is 5.82 Å². The van der Waals surface area contributed by atoms with Crippen LogP contribution in [0.3, 0.4) is 0 Å². The third kappa shape index (κ3) is 4.01. The minimum Gasteiger partial charge on any atom is -0.385 e. The van der Waals surface area contributed by atoms with E-state index in [4.69, 9.17) is 0 Å². The Hall–Kier alpha value is -3.67. The predicted octanol–water partition coefficient (Wildman–Crippen LogP) is 4.28. The lowest BCUT2D eigenvalue weighted by atomic mass is 10.1. The van der Waals surface area contributed by atoms with Gasteiger partial charge in [-0.2, -0.15) is 0 Å². The number of amides is 1. The maximum absolute atomic E-state index is 13.3. The lowest BCUT2D eigenvalue weighted by Gasteiger charge is -2.08. The van der Waals surface area contributed by atoms with E-state index in [1.807, 2.05) is 42.5 Å². The van der Waals surface area contributed by atoms with Gasteiger partial charge >= 0.3 is 0 Å². The lowest BCUT2D eigenvalue weighted by Crippen LogP contribution is -2.06. The molecule has 28 heavy (non-hydrogen) atoms. The quantitative estimate of drug-likeness (QED) is 0.564. The van der Waals surface area contributed by atoms with Crippen molar-refractivity contribution in [3.05, 3.63) is 90.1 Å². The molecule has 5 nitrogen and oxygen atoms in total. The average molecular weight is 374 g/mol. The number of benzene rings is 2. The van der Waals surface area contributed by atoms with Gasteiger partial charge in [-0.05, 0) is 54.6 Å². The van der Waals surface area contributed by atoms with Gasteiger partial charge in [0.05, 0.1) is 11.3 Å². The fourth-order valence-corrected chi connectivity index (χ4v) is 3.03. The Bertz CT molecular complexity index is 1020. The highest BCUT2D eigenvalue weighted by atomic mass is 19.1. The van der Waals surface area contributed by atoms with Crippen LogP contribution in [-0.4, -0.2) is 17.4 Å². The zero-order chi connectivity index (χ0) is 19.3. The molecule has 0 spiro atoms. The number of nitrogens with zero attached hydrogens (tertiary/aromatic N) is 1. The molecular weight excluding hydrogens is 355 g/mol. The number of nitrogens with one attached hydrogen (secondary N) is 3. The van der Waals surface area contributed by atoms with E-state index < -0.39 is 0 Å². The second-order valence-electron chi connectivity index (χ2n) is 6.42. The first-order valence-electron chi connectivity index (χ1n) is 9.01. The van der Waals surface area contributed by atoms with E-state index in [9.17, 15) is 9.18 Å². The maximum atomic E-state index is 13.3. The van der Waals surface area contributed by atoms with Crippen molar-refractivity contribution in [1.29, 1.82) is 0 Å². The molecular formula is C22H19FN4O. The molecule has 6 heteroatoms. The molecule has 2 heterocycles. The fourth-order valence-electron chi connectivity index (χ4n) is 3.03. The Morgan fingerprint density at radius 2 is 1.86 bits per heavy atom. The zero-order valence-corrected chi connectivity index (χ0v) is 15.1. The summed E-state index contributed by atoms with van der Waals surface area (Å²) in [5, 5.41) is 9.16. The van der Waals surface area contributed by atoms with Crippen LogP contribution in [0.25, 0.3) is 5.57 Å². The van der Waals surface area contributed by atoms with Gasteiger partial charge in [0.2, 0.25) is 0 Å². The van der Waals surface area contributed by atoms with Crippen molar-refractivity contribution in [2.75, 3.05) is 22.5 Å². The summed E-state index contributed by atoms with van der Waals surface area (Å²) in [7, 11) is 0. The molecule has 4 rings (SSSR count). The number of pyridine rings is 1. The Morgan fingerprint density at radius 1 is 1.04 bits per heavy atom. The van der Waals surface area contributed by atoms with E-state index in [-0.39, 0.29) is 11.7 Å². The number of halogens is 1. The highest BCUT2D eigenvalue weighted by molar-refractivity contribution is 6.31. The van der Waals surface area contributed by atoms with Crippen LogP contribution in [0.15, 0.2) is 73.1 Å². The molecule has 0 saturated heterocycles. The lowest BCUT2D eigenvalue weighted by molar-refractivity contribution is -0.110. The first-order chi connectivity index (χ1) is 13.7. The normalized spacial score (nSPS) is 13.9. The number of hydrogen-bond donors (Lipinski definition) is 3. The monoisotopic (exact) mass is 374 g/mol. The summed E-state index contributed by atoms with van der Waals surface area (Å²) in [5.41, 5.74) is 4.57. The Labute approximate surface area is 162 Å². The van der Waals surface area contributed by atoms with Gasteiger partial charge in [0, 0.05) is 48.0 Å². The Kier molecular flexibility index (Phi) is 5.01. The van der Waals surface area contributed by atoms with Crippen LogP contribution in [0.2, 0.25) is 0 Å². The zero-order valence-electron chi connectivity index (χ0n) is 15.1. The SMILES string of the molecule is O=C1Nc2cc(F)ccc2C1=CNc1ccc(NCCc2ccccn2)cc1. The molecule has 0 fully saturated rings. The topological polar surface area (TPSA) is 66.1 Å². The van der Waals surface area contributed by atoms with Gasteiger partial charge in [-0.15, -0.1) is 0 Å². The highest BCUT2D eigenvalue weighted by Gasteiger charge is 2.24. The fraction of sp³-hybridized carbons (Fsp3) is 0.0909. The summed E-state index contributed by atoms with van der Waals surface area (Å²) < 4.78 is 13.3. The van der Waals surface area contributed by atoms with Crippen LogP contribution >= 0.6 is 0 Å². The molecule has 2 aromatic carbocycles. The molecule has 0 aliphatic carbocycles. The van der Waals surface area contributed by atoms with Crippen LogP contribution in [0.5, 0.6) is 0 Å². The molecule has 0 atom stereocenters. The molecule has 1 aromatic heterocycles. The third-order valence-corrected chi connectivity index (χ3v) is 4.47. The maximum Gasteiger partial charge on any atom is 0.257 e. The smallest absolute Gasteiger partial charge is 0.257 e. The number of rotatable bonds is 6. The second kappa shape index (κ2) is 7.92. The van der Waals surface area contributed by atoms with E-state index in [2.05, 4.69) is 20.9 Å². The minimum atomic E-state index is -0.376. The Morgan fingerprint density at radius 3 is 2.64 bits per heavy atom. The molecule has 3 aromatic rings. The van der Waals surface area contributed by atoms with Gasteiger partial charge in [-0.3, -0.25) is 9.78 Å². The summed E-state index contributed by atoms with van der Waals surface area (Å²) in [6.07, 6.45) is 4.29. The molecule has 1 aliphatic heterocycles. The predicted molar refractivity (Wildman–Crippen MR) is 110 cm³/mol. The summed E-state index contributed by atoms with van der Waals surface area (Å²) >= 11 is 0. The standard InChI is InChI=1S/C22H19FN4O/c23-15-4-9-19-20(22(28)27-21(19)13-15)14-26-18-7-5-17(6-8-18)25-12-10-16-3-1-2-11-24-16/h1-9,11,13-14,25-26H,10,12H2,(H,27,28). The van der Waals surface area contributed by atoms with Gasteiger partial charge in [0.15, 0.2) is 0 Å². The van der Waals surface area contributed by atoms with E-state index in [0.29, 0.717) is 16.8 Å². The van der Waals surface area contributed by atoms with Crippen molar-refractivity contribution in [3.8, 4) is 0 Å². The minimum absolute atomic E-state index is 0.249. The summed E-state index contributed by atoms with van der Waals surface area (Å²) in [6, 6.07) is 18.0. The van der Waals surface area contributed by atoms with Crippen molar-refractivity contribution >= 4 is 28.5 Å². The number of carbonyl (C=O) groups excluding carboxylic acids is 1. The number of fused-ring (bicyclic) bond motifs is 1. The first kappa shape index (κ1) is 17.7. The van der Waals surface area contributed by atoms with E-state index >= 15 is 0 Å². The molecule has 0 radical (unpaired) electrons. The highest BCUT2D eigenvalue weighted by Crippen LogP contribution is 2.32. The van der Waals surface area contributed by atoms with E-state index in [1.54, 1.807) is 18.5 Å². The molecule has 1 aliphatic rings.